The first kappa shape index (κ1) is 43.0. The molecule has 0 bridgehead atoms. The van der Waals surface area contributed by atoms with Crippen molar-refractivity contribution >= 4 is 53.1 Å². The van der Waals surface area contributed by atoms with Crippen molar-refractivity contribution in [2.75, 3.05) is 6.66 Å². The van der Waals surface area contributed by atoms with Gasteiger partial charge in [0.15, 0.2) is 0 Å². The van der Waals surface area contributed by atoms with Crippen LogP contribution >= 0.6 is 7.80 Å². The van der Waals surface area contributed by atoms with Crippen LogP contribution in [0, 0.1) is 51.8 Å². The molecule has 0 heterocycles. The maximum absolute atomic E-state index is 13.2. The molecule has 1 aliphatic carbocycles. The molecule has 2 amide bonds. The summed E-state index contributed by atoms with van der Waals surface area (Å²) in [5.74, 6) is -1.99. The molecule has 4 atom stereocenters. The van der Waals surface area contributed by atoms with E-state index in [1.807, 2.05) is 30.3 Å². The number of aryl methyl sites for hydroxylation is 1. The predicted molar refractivity (Wildman–Crippen MR) is 214 cm³/mol. The molecule has 2 unspecified atom stereocenters. The van der Waals surface area contributed by atoms with E-state index in [0.29, 0.717) is 12.8 Å². The fraction of sp³-hybridized carbons (Fsp3) is 0.282. The van der Waals surface area contributed by atoms with Gasteiger partial charge in [-0.05, 0) is 53.5 Å². The largest absolute Gasteiger partial charge is 0.360 e. The fourth-order valence-corrected chi connectivity index (χ4v) is 8.28. The third-order valence-electron chi connectivity index (χ3n) is 9.60. The van der Waals surface area contributed by atoms with Gasteiger partial charge in [0.05, 0.1) is 49.0 Å². The number of nitro groups is 4. The average molecular weight is 800 g/mol. The number of hydrogen-bond donors (Lipinski definition) is 2. The van der Waals surface area contributed by atoms with E-state index in [4.69, 9.17) is 0 Å². The van der Waals surface area contributed by atoms with Crippen LogP contribution in [0.5, 0.6) is 0 Å². The second-order valence-corrected chi connectivity index (χ2v) is 15.7. The molecule has 0 saturated carbocycles. The van der Waals surface area contributed by atoms with Crippen LogP contribution in [0.1, 0.15) is 71.0 Å². The first-order valence-electron chi connectivity index (χ1n) is 17.5. The molecule has 2 N–H and O–H groups in total. The molecule has 0 radical (unpaired) electrons. The number of nitro benzene ring substituents is 4. The van der Waals surface area contributed by atoms with E-state index in [2.05, 4.69) is 35.9 Å². The maximum Gasteiger partial charge on any atom is 0.360 e. The summed E-state index contributed by atoms with van der Waals surface area (Å²) in [5, 5.41) is 52.0. The Bertz CT molecular complexity index is 2250. The highest BCUT2D eigenvalue weighted by molar-refractivity contribution is 7.44. The summed E-state index contributed by atoms with van der Waals surface area (Å²) in [5.41, 5.74) is -0.902. The molecule has 5 rings (SSSR count). The Balaban J connectivity index is 0.000000262. The van der Waals surface area contributed by atoms with E-state index in [-0.39, 0.29) is 23.1 Å². The van der Waals surface area contributed by atoms with Gasteiger partial charge in [0.2, 0.25) is 5.78 Å². The highest BCUT2D eigenvalue weighted by atomic mass is 31.1. The van der Waals surface area contributed by atoms with Crippen LogP contribution in [0.15, 0.2) is 98.1 Å². The second kappa shape index (κ2) is 18.3. The number of fused-ring (bicyclic) bond motifs is 3. The number of carbonyl (C=O) groups is 2. The monoisotopic (exact) mass is 799 g/mol. The number of carbonyl (C=O) groups excluding carboxylic acids is 2. The Morgan fingerprint density at radius 2 is 1.32 bits per heavy atom. The Labute approximate surface area is 327 Å². The lowest BCUT2D eigenvalue weighted by molar-refractivity contribution is -0.394. The Morgan fingerprint density at radius 3 is 1.79 bits per heavy atom. The van der Waals surface area contributed by atoms with Gasteiger partial charge in [0.25, 0.3) is 34.6 Å². The van der Waals surface area contributed by atoms with Crippen LogP contribution in [0.2, 0.25) is 0 Å². The summed E-state index contributed by atoms with van der Waals surface area (Å²) >= 11 is 0. The van der Waals surface area contributed by atoms with Gasteiger partial charge in [0, 0.05) is 29.7 Å². The van der Waals surface area contributed by atoms with Gasteiger partial charge in [-0.25, -0.2) is 0 Å². The first-order chi connectivity index (χ1) is 26.9. The number of non-ortho nitro benzene ring substituents is 4. The van der Waals surface area contributed by atoms with E-state index < -0.39 is 73.3 Å². The molecule has 0 aliphatic heterocycles. The maximum atomic E-state index is 13.2. The molecule has 17 nitrogen and oxygen atoms in total. The van der Waals surface area contributed by atoms with Gasteiger partial charge in [-0.2, -0.15) is 0 Å². The van der Waals surface area contributed by atoms with Crippen molar-refractivity contribution in [2.45, 2.75) is 51.4 Å². The van der Waals surface area contributed by atoms with E-state index in [9.17, 15) is 54.6 Å². The van der Waals surface area contributed by atoms with Crippen LogP contribution in [0.3, 0.4) is 0 Å². The van der Waals surface area contributed by atoms with Crippen LogP contribution in [0.4, 0.5) is 22.7 Å². The van der Waals surface area contributed by atoms with Crippen LogP contribution < -0.4 is 10.6 Å². The van der Waals surface area contributed by atoms with Gasteiger partial charge in [0.1, 0.15) is 6.66 Å². The zero-order chi connectivity index (χ0) is 42.2. The SMILES string of the molecule is C=CCC(C)(C)[C@@H](NC(=O)c1cc([N+](=O)[O-])cc([N+](=O)[O-])c1)[P+](C)=O.C=CC[C@H]1CCc2ccc3ccccc3c2C1NC(=O)c1cc([N+](=O)[O-])cc([N+](=O)[O-])c1. The molecule has 0 spiro atoms. The van der Waals surface area contributed by atoms with Crippen molar-refractivity contribution in [1.29, 1.82) is 0 Å². The van der Waals surface area contributed by atoms with Gasteiger partial charge in [-0.15, -0.1) is 13.2 Å². The summed E-state index contributed by atoms with van der Waals surface area (Å²) in [6.07, 6.45) is 6.32. The number of amides is 2. The normalized spacial score (nSPS) is 15.4. The molecule has 1 aliphatic rings. The minimum Gasteiger partial charge on any atom is -0.345 e. The van der Waals surface area contributed by atoms with E-state index >= 15 is 0 Å². The number of allylic oxidation sites excluding steroid dienone is 2. The molecule has 18 heteroatoms. The van der Waals surface area contributed by atoms with Crippen molar-refractivity contribution < 1.29 is 33.8 Å². The minimum absolute atomic E-state index is 0.0865. The van der Waals surface area contributed by atoms with Gasteiger partial charge < -0.3 is 10.6 Å². The minimum atomic E-state index is -1.82. The van der Waals surface area contributed by atoms with E-state index in [1.165, 1.54) is 6.66 Å². The summed E-state index contributed by atoms with van der Waals surface area (Å²) in [4.78, 5) is 66.8. The van der Waals surface area contributed by atoms with Crippen molar-refractivity contribution in [3.05, 3.63) is 161 Å². The smallest absolute Gasteiger partial charge is 0.345 e. The molecule has 57 heavy (non-hydrogen) atoms. The van der Waals surface area contributed by atoms with Crippen molar-refractivity contribution in [3.8, 4) is 0 Å². The summed E-state index contributed by atoms with van der Waals surface area (Å²) in [6.45, 7) is 12.5. The number of nitrogens with zero attached hydrogens (tertiary/aromatic N) is 4. The number of benzene rings is 4. The molecule has 4 aromatic carbocycles. The van der Waals surface area contributed by atoms with Crippen LogP contribution in [0.25, 0.3) is 10.8 Å². The highest BCUT2D eigenvalue weighted by Gasteiger charge is 2.42. The molecule has 0 saturated heterocycles. The summed E-state index contributed by atoms with van der Waals surface area (Å²) in [6, 6.07) is 17.4. The van der Waals surface area contributed by atoms with Crippen molar-refractivity contribution in [2.24, 2.45) is 11.3 Å². The Kier molecular flexibility index (Phi) is 13.8. The van der Waals surface area contributed by atoms with E-state index in [1.54, 1.807) is 19.9 Å². The molecular weight excluding hydrogens is 759 g/mol. The standard InChI is InChI=1S/C24H21N3O5.C15H18N3O6P/c1-2-5-17-11-10-16-9-8-15-6-3-4-7-21(15)22(16)23(17)25-24(28)18-12-19(26(29)30)14-20(13-18)27(31)32;1-5-6-15(2,3)14(25(4)24)16-13(19)10-7-11(17(20)21)9-12(8-10)18(22)23/h2-4,6-9,12-14,17,23H,1,5,10-11H2,(H,25,28);5,7-9,14H,1,6H2,2-4H3/p+1/t17-,23?;14-/m00/s1. The lowest BCUT2D eigenvalue weighted by atomic mass is 9.76. The summed E-state index contributed by atoms with van der Waals surface area (Å²) < 4.78 is 12.1. The third kappa shape index (κ3) is 10.3. The van der Waals surface area contributed by atoms with E-state index in [0.717, 1.165) is 71.1 Å². The number of nitrogens with one attached hydrogen (secondary N) is 2. The predicted octanol–water partition coefficient (Wildman–Crippen LogP) is 8.88. The molecule has 296 valence electrons. The van der Waals surface area contributed by atoms with Crippen molar-refractivity contribution in [1.82, 2.24) is 10.6 Å². The highest BCUT2D eigenvalue weighted by Crippen LogP contribution is 2.41. The lowest BCUT2D eigenvalue weighted by Crippen LogP contribution is -2.42. The molecule has 4 aromatic rings. The Morgan fingerprint density at radius 1 is 0.807 bits per heavy atom. The average Bonchev–Trinajstić information content (AvgIpc) is 3.17. The first-order valence-corrected chi connectivity index (χ1v) is 19.3. The zero-order valence-corrected chi connectivity index (χ0v) is 32.2. The number of hydrogen-bond acceptors (Lipinski definition) is 11. The lowest BCUT2D eigenvalue weighted by Gasteiger charge is -2.35. The fourth-order valence-electron chi connectivity index (χ4n) is 6.90. The van der Waals surface area contributed by atoms with Crippen molar-refractivity contribution in [3.63, 3.8) is 0 Å². The van der Waals surface area contributed by atoms with Crippen LogP contribution in [-0.2, 0) is 11.0 Å². The topological polar surface area (TPSA) is 248 Å². The van der Waals surface area contributed by atoms with Crippen LogP contribution in [-0.4, -0.2) is 44.0 Å². The number of rotatable bonds is 14. The van der Waals surface area contributed by atoms with Gasteiger partial charge in [-0.1, -0.05) is 67.0 Å². The molecule has 0 fully saturated rings. The summed E-state index contributed by atoms with van der Waals surface area (Å²) in [7, 11) is -1.82. The van der Waals surface area contributed by atoms with Gasteiger partial charge >= 0.3 is 7.80 Å². The quantitative estimate of drug-likeness (QED) is 0.0527. The van der Waals surface area contributed by atoms with Gasteiger partial charge in [-0.3, -0.25) is 50.0 Å². The second-order valence-electron chi connectivity index (χ2n) is 14.0. The zero-order valence-electron chi connectivity index (χ0n) is 31.3. The molecular formula is C39H40N6O11P+. The third-order valence-corrected chi connectivity index (χ3v) is 11.2. The molecule has 0 aromatic heterocycles. The Hall–Kier alpha value is -6.74.